The van der Waals surface area contributed by atoms with Crippen molar-refractivity contribution < 1.29 is 107 Å². The topological polar surface area (TPSA) is 336 Å². The molecule has 24 nitrogen and oxygen atoms in total. The Morgan fingerprint density at radius 1 is 0.484 bits per heavy atom. The van der Waals surface area contributed by atoms with Gasteiger partial charge in [-0.3, -0.25) is 0 Å². The molecular weight excluding hydrogens is 1250 g/mol. The maximum atomic E-state index is 13.9. The monoisotopic (exact) mass is 1350 g/mol. The van der Waals surface area contributed by atoms with E-state index in [-0.39, 0.29) is 96.4 Å². The van der Waals surface area contributed by atoms with E-state index in [9.17, 15) is 40.1 Å². The van der Waals surface area contributed by atoms with E-state index in [2.05, 4.69) is 13.8 Å². The van der Waals surface area contributed by atoms with Crippen molar-refractivity contribution in [2.75, 3.05) is 39.9 Å². The molecule has 4 aliphatic heterocycles. The number of carbonyl (C=O) groups is 1. The van der Waals surface area contributed by atoms with Crippen molar-refractivity contribution in [2.24, 2.45) is 17.6 Å². The van der Waals surface area contributed by atoms with Crippen molar-refractivity contribution in [1.82, 2.24) is 4.90 Å². The van der Waals surface area contributed by atoms with Gasteiger partial charge in [0.2, 0.25) is 0 Å². The zero-order chi connectivity index (χ0) is 64.7. The third-order valence-electron chi connectivity index (χ3n) is 16.2. The molecule has 21 atom stereocenters. The zero-order valence-electron chi connectivity index (χ0n) is 50.7. The van der Waals surface area contributed by atoms with Crippen molar-refractivity contribution in [3.63, 3.8) is 0 Å². The van der Waals surface area contributed by atoms with E-state index in [1.54, 1.807) is 0 Å². The fraction of sp³-hybridized carbons (Fsp3) is 0.544. The van der Waals surface area contributed by atoms with Gasteiger partial charge in [0.05, 0.1) is 26.6 Å². The number of hydrogen-bond donors (Lipinski definition) is 9. The summed E-state index contributed by atoms with van der Waals surface area (Å²) < 4.78 is 84.9. The second-order valence-corrected chi connectivity index (χ2v) is 23.8. The first-order valence-corrected chi connectivity index (χ1v) is 31.4. The van der Waals surface area contributed by atoms with Crippen LogP contribution >= 0.6 is 8.46 Å². The minimum atomic E-state index is -1.71. The SMILES string of the molecule is C.C.C.C.C[C@@H]1C(COCc2ccccc2)O[C@H](OCN(Cc2ccccc2)C(=O)OCc2ccccc2)C(O[C@H]2OC(COCc3ccccc3)[C@@H](O)[C@H](P[B]B=O)C2OCc2ccccc2)[C@H]1C.NCO[C@H]1OC(CO)[C@@H](O)[C@H](O)C1O[C@H]1OC(CO)[C@@H](O)[C@H](O)C1O. The molecule has 10 N–H and O–H groups in total. The van der Waals surface area contributed by atoms with Crippen LogP contribution in [0.5, 0.6) is 0 Å². The van der Waals surface area contributed by atoms with Gasteiger partial charge in [-0.15, -0.1) is 0 Å². The minimum Gasteiger partial charge on any atom is -0.394 e. The number of rotatable bonds is 29. The van der Waals surface area contributed by atoms with Crippen molar-refractivity contribution in [3.8, 4) is 0 Å². The molecule has 1 radical (unpaired) electrons. The van der Waals surface area contributed by atoms with Gasteiger partial charge in [-0.1, -0.05) is 121 Å². The van der Waals surface area contributed by atoms with Gasteiger partial charge < -0.3 is 65.2 Å². The number of aliphatic hydroxyl groups excluding tert-OH is 8. The van der Waals surface area contributed by atoms with Crippen molar-refractivity contribution >= 4 is 28.5 Å². The summed E-state index contributed by atoms with van der Waals surface area (Å²) in [6.07, 6.45) is -21.3. The number of aliphatic hydroxyl groups is 8. The normalized spacial score (nSPS) is 30.3. The van der Waals surface area contributed by atoms with Gasteiger partial charge in [0.25, 0.3) is 0 Å². The van der Waals surface area contributed by atoms with Crippen molar-refractivity contribution in [2.45, 2.75) is 187 Å². The Hall–Kier alpha value is -5.07. The van der Waals surface area contributed by atoms with Crippen LogP contribution in [0.2, 0.25) is 0 Å². The summed E-state index contributed by atoms with van der Waals surface area (Å²) in [5, 5.41) is 79.9. The number of nitrogens with two attached hydrogens (primary N) is 1. The van der Waals surface area contributed by atoms with Gasteiger partial charge in [-0.2, -0.15) is 0 Å². The fourth-order valence-corrected chi connectivity index (χ4v) is 12.0. The van der Waals surface area contributed by atoms with Crippen LogP contribution in [0.15, 0.2) is 152 Å². The predicted octanol–water partition coefficient (Wildman–Crippen LogP) is 5.01. The summed E-state index contributed by atoms with van der Waals surface area (Å²) in [6, 6.07) is 48.6. The van der Waals surface area contributed by atoms with E-state index in [1.807, 2.05) is 152 Å². The molecule has 5 aromatic carbocycles. The van der Waals surface area contributed by atoms with Crippen LogP contribution in [0.4, 0.5) is 4.79 Å². The number of benzene rings is 5. The Kier molecular flexibility index (Phi) is 37.0. The number of ether oxygens (including phenoxy) is 12. The molecular formula is C68H100B2N2O22P. The molecule has 0 bridgehead atoms. The molecule has 0 spiro atoms. The van der Waals surface area contributed by atoms with Gasteiger partial charge in [-0.05, 0) is 16.7 Å². The second kappa shape index (κ2) is 42.7. The predicted molar refractivity (Wildman–Crippen MR) is 356 cm³/mol. The molecule has 4 heterocycles. The van der Waals surface area contributed by atoms with E-state index in [4.69, 9.17) is 72.8 Å². The Balaban J connectivity index is 0.000000559. The molecule has 525 valence electrons. The summed E-state index contributed by atoms with van der Waals surface area (Å²) in [5.74, 6) is -0.298. The minimum absolute atomic E-state index is 0. The molecule has 4 fully saturated rings. The van der Waals surface area contributed by atoms with Crippen LogP contribution in [0.25, 0.3) is 0 Å². The van der Waals surface area contributed by atoms with Gasteiger partial charge >= 0.3 is 262 Å². The van der Waals surface area contributed by atoms with Crippen LogP contribution in [0, 0.1) is 11.8 Å². The Labute approximate surface area is 562 Å². The molecule has 4 aliphatic rings. The standard InChI is InChI=1S/C51H59B2NO11P.C13H25NO11.4CH4/c1-36-37(2)46(65-50-47(60-31-41-24-14-6-15-25-41)48(66-53-52-57)45(55)44(64-50)34-59-30-40-22-12-5-13-23-40)49(63-43(36)33-58-29-39-20-10-4-11-21-39)62-35-54(28-38-18-8-3-9-19-38)51(56)61-32-42-26-16-7-17-27-42;14-3-22-13-11(9(20)7(18)5(2-16)24-13)25-12-10(21)8(19)6(17)4(1-15)23-12;;;;/h3-27,36-37,43-50,55,66H,28-35H2,1-2H3;4-13,15-21H,1-3,14H2;4*1H4/t36-,37-,43?,44?,45+,46?,47?,48-,49-,50+;4?,5?,6-,7-,8+,9+,10?,11?,12-,13+;;;;/m01..../s1. The molecule has 5 aromatic rings. The number of amides is 1. The molecule has 9 rings (SSSR count). The first-order valence-electron chi connectivity index (χ1n) is 30.3. The van der Waals surface area contributed by atoms with Crippen LogP contribution in [-0.2, 0) is 94.5 Å². The summed E-state index contributed by atoms with van der Waals surface area (Å²) in [5.41, 5.74) is 9.37. The van der Waals surface area contributed by atoms with Crippen molar-refractivity contribution in [3.05, 3.63) is 179 Å². The second-order valence-electron chi connectivity index (χ2n) is 22.5. The van der Waals surface area contributed by atoms with E-state index in [0.717, 1.165) is 34.9 Å². The summed E-state index contributed by atoms with van der Waals surface area (Å²) in [4.78, 5) is 15.4. The van der Waals surface area contributed by atoms with Crippen LogP contribution in [0.3, 0.4) is 0 Å². The average Bonchev–Trinajstić information content (AvgIpc) is 0.802. The third kappa shape index (κ3) is 23.5. The zero-order valence-corrected chi connectivity index (χ0v) is 51.7. The summed E-state index contributed by atoms with van der Waals surface area (Å²) >= 11 is 0. The molecule has 95 heavy (non-hydrogen) atoms. The van der Waals surface area contributed by atoms with Crippen LogP contribution in [-0.4, -0.2) is 216 Å². The van der Waals surface area contributed by atoms with Crippen molar-refractivity contribution in [1.29, 1.82) is 0 Å². The van der Waals surface area contributed by atoms with Gasteiger partial charge in [0.1, 0.15) is 55.4 Å². The average molecular weight is 1350 g/mol. The van der Waals surface area contributed by atoms with Gasteiger partial charge in [0, 0.05) is 0 Å². The maximum absolute atomic E-state index is 13.9. The van der Waals surface area contributed by atoms with E-state index >= 15 is 0 Å². The molecule has 0 aliphatic carbocycles. The first kappa shape index (κ1) is 82.4. The molecule has 0 saturated carbocycles. The molecule has 0 aromatic heterocycles. The van der Waals surface area contributed by atoms with E-state index in [0.29, 0.717) is 13.2 Å². The Bertz CT molecular complexity index is 2850. The smallest absolute Gasteiger partial charge is 0.188 e. The number of hydrogen-bond acceptors (Lipinski definition) is 23. The Morgan fingerprint density at radius 3 is 1.44 bits per heavy atom. The Morgan fingerprint density at radius 2 is 0.926 bits per heavy atom. The van der Waals surface area contributed by atoms with Crippen LogP contribution in [0.1, 0.15) is 71.4 Å². The van der Waals surface area contributed by atoms with E-state index in [1.165, 1.54) is 11.8 Å². The van der Waals surface area contributed by atoms with Crippen LogP contribution < -0.4 is 5.73 Å². The fourth-order valence-electron chi connectivity index (χ4n) is 10.8. The number of nitrogens with zero attached hydrogens (tertiary/aromatic N) is 1. The molecule has 9 unspecified atom stereocenters. The third-order valence-corrected chi connectivity index (χ3v) is 17.6. The van der Waals surface area contributed by atoms with Gasteiger partial charge in [-0.25, -0.2) is 4.79 Å². The number of carbonyl (C=O) groups excluding carboxylic acids is 1. The summed E-state index contributed by atoms with van der Waals surface area (Å²) in [7, 11) is 0.623. The quantitative estimate of drug-likeness (QED) is 0.0173. The largest absolute Gasteiger partial charge is 0.394 e. The van der Waals surface area contributed by atoms with Gasteiger partial charge in [0.15, 0.2) is 12.6 Å². The molecule has 1 amide bonds. The maximum Gasteiger partial charge on any atom is 0.188 e. The molecule has 27 heteroatoms. The molecule has 4 saturated heterocycles. The van der Waals surface area contributed by atoms with E-state index < -0.39 is 129 Å². The first-order chi connectivity index (χ1) is 44.2. The summed E-state index contributed by atoms with van der Waals surface area (Å²) in [6.45, 7) is 5.42.